The molecule has 0 spiro atoms. The highest BCUT2D eigenvalue weighted by molar-refractivity contribution is 6.03. The molecule has 0 unspecified atom stereocenters. The van der Waals surface area contributed by atoms with Crippen LogP contribution in [0.3, 0.4) is 0 Å². The summed E-state index contributed by atoms with van der Waals surface area (Å²) in [7, 11) is 0. The van der Waals surface area contributed by atoms with Crippen molar-refractivity contribution in [2.75, 3.05) is 0 Å². The molecule has 1 amide bonds. The van der Waals surface area contributed by atoms with Crippen LogP contribution in [0.5, 0.6) is 0 Å². The standard InChI is InChI=1S/C12H20F2.C9H7N3O2/c13-12(14)8-6-11(7-9-12)10-4-2-1-3-5-10;10-9(14)8-7-5(1-3-12-8)11-4-2-6(7)13/h10-11H,1-9H2;1-4H,(H2,10,14)(H,11,13). The lowest BCUT2D eigenvalue weighted by molar-refractivity contribution is -0.0541. The van der Waals surface area contributed by atoms with Crippen LogP contribution in [0.1, 0.15) is 68.3 Å². The maximum Gasteiger partial charge on any atom is 0.268 e. The van der Waals surface area contributed by atoms with Gasteiger partial charge in [0.25, 0.3) is 5.91 Å². The van der Waals surface area contributed by atoms with E-state index in [1.807, 2.05) is 0 Å². The van der Waals surface area contributed by atoms with Crippen LogP contribution >= 0.6 is 0 Å². The van der Waals surface area contributed by atoms with E-state index in [4.69, 9.17) is 5.73 Å². The third-order valence-corrected chi connectivity index (χ3v) is 5.98. The maximum atomic E-state index is 12.9. The van der Waals surface area contributed by atoms with Gasteiger partial charge in [-0.05, 0) is 30.7 Å². The molecule has 0 atom stereocenters. The van der Waals surface area contributed by atoms with E-state index in [0.29, 0.717) is 11.4 Å². The summed E-state index contributed by atoms with van der Waals surface area (Å²) in [6.07, 6.45) is 11.4. The fraction of sp³-hybridized carbons (Fsp3) is 0.571. The number of aromatic amines is 1. The van der Waals surface area contributed by atoms with E-state index < -0.39 is 11.8 Å². The Kier molecular flexibility index (Phi) is 6.42. The zero-order chi connectivity index (χ0) is 20.1. The number of carbonyl (C=O) groups is 1. The van der Waals surface area contributed by atoms with Crippen molar-refractivity contribution in [2.45, 2.75) is 63.7 Å². The highest BCUT2D eigenvalue weighted by Gasteiger charge is 2.37. The number of halogens is 2. The number of H-pyrrole nitrogens is 1. The quantitative estimate of drug-likeness (QED) is 0.794. The van der Waals surface area contributed by atoms with Crippen molar-refractivity contribution in [3.05, 3.63) is 40.4 Å². The fourth-order valence-electron chi connectivity index (χ4n) is 4.45. The van der Waals surface area contributed by atoms with Gasteiger partial charge in [-0.3, -0.25) is 14.6 Å². The van der Waals surface area contributed by atoms with E-state index in [-0.39, 0.29) is 29.4 Å². The number of rotatable bonds is 2. The number of amides is 1. The second-order valence-corrected chi connectivity index (χ2v) is 7.88. The first-order chi connectivity index (χ1) is 13.4. The van der Waals surface area contributed by atoms with Crippen LogP contribution in [-0.4, -0.2) is 21.8 Å². The molecule has 0 bridgehead atoms. The van der Waals surface area contributed by atoms with Gasteiger partial charge in [0.2, 0.25) is 5.92 Å². The number of nitrogens with one attached hydrogen (secondary N) is 1. The van der Waals surface area contributed by atoms with Gasteiger partial charge in [-0.25, -0.2) is 8.78 Å². The molecule has 2 aromatic rings. The van der Waals surface area contributed by atoms with Crippen molar-refractivity contribution in [2.24, 2.45) is 17.6 Å². The monoisotopic (exact) mass is 391 g/mol. The molecule has 0 aromatic carbocycles. The van der Waals surface area contributed by atoms with Crippen molar-refractivity contribution in [1.29, 1.82) is 0 Å². The summed E-state index contributed by atoms with van der Waals surface area (Å²) in [5, 5.41) is 0.238. The number of pyridine rings is 2. The summed E-state index contributed by atoms with van der Waals surface area (Å²) in [5.41, 5.74) is 5.39. The van der Waals surface area contributed by atoms with E-state index in [2.05, 4.69) is 9.97 Å². The number of nitrogens with two attached hydrogens (primary N) is 1. The Morgan fingerprint density at radius 3 is 2.36 bits per heavy atom. The van der Waals surface area contributed by atoms with Crippen LogP contribution in [0.2, 0.25) is 0 Å². The lowest BCUT2D eigenvalue weighted by Crippen LogP contribution is -2.29. The molecule has 0 saturated heterocycles. The van der Waals surface area contributed by atoms with Gasteiger partial charge in [0.15, 0.2) is 5.43 Å². The second kappa shape index (κ2) is 8.80. The molecule has 2 aliphatic carbocycles. The Morgan fingerprint density at radius 2 is 1.71 bits per heavy atom. The van der Waals surface area contributed by atoms with Crippen molar-refractivity contribution in [3.8, 4) is 0 Å². The van der Waals surface area contributed by atoms with Gasteiger partial charge in [-0.1, -0.05) is 32.1 Å². The van der Waals surface area contributed by atoms with E-state index in [0.717, 1.165) is 18.8 Å². The summed E-state index contributed by atoms with van der Waals surface area (Å²) in [6, 6.07) is 2.94. The lowest BCUT2D eigenvalue weighted by Gasteiger charge is -2.35. The fourth-order valence-corrected chi connectivity index (χ4v) is 4.45. The maximum absolute atomic E-state index is 12.9. The average molecular weight is 391 g/mol. The van der Waals surface area contributed by atoms with E-state index in [1.165, 1.54) is 50.6 Å². The van der Waals surface area contributed by atoms with Crippen molar-refractivity contribution in [3.63, 3.8) is 0 Å². The molecule has 4 rings (SSSR count). The summed E-state index contributed by atoms with van der Waals surface area (Å²) >= 11 is 0. The molecule has 152 valence electrons. The van der Waals surface area contributed by atoms with Gasteiger partial charge in [-0.15, -0.1) is 0 Å². The van der Waals surface area contributed by atoms with Crippen molar-refractivity contribution >= 4 is 16.8 Å². The zero-order valence-corrected chi connectivity index (χ0v) is 15.9. The lowest BCUT2D eigenvalue weighted by atomic mass is 9.73. The molecule has 0 aliphatic heterocycles. The van der Waals surface area contributed by atoms with Crippen LogP contribution in [0.4, 0.5) is 8.78 Å². The Morgan fingerprint density at radius 1 is 1.07 bits per heavy atom. The number of hydrogen-bond acceptors (Lipinski definition) is 3. The molecule has 7 heteroatoms. The molecule has 2 saturated carbocycles. The minimum absolute atomic E-state index is 0.00403. The highest BCUT2D eigenvalue weighted by atomic mass is 19.3. The molecule has 3 N–H and O–H groups in total. The zero-order valence-electron chi connectivity index (χ0n) is 15.9. The van der Waals surface area contributed by atoms with E-state index in [9.17, 15) is 18.4 Å². The van der Waals surface area contributed by atoms with Crippen molar-refractivity contribution < 1.29 is 13.6 Å². The molecule has 5 nitrogen and oxygen atoms in total. The summed E-state index contributed by atoms with van der Waals surface area (Å²) in [5.74, 6) is -1.65. The Labute approximate surface area is 162 Å². The smallest absolute Gasteiger partial charge is 0.268 e. The van der Waals surface area contributed by atoms with Crippen LogP contribution in [0.15, 0.2) is 29.3 Å². The average Bonchev–Trinajstić information content (AvgIpc) is 2.69. The molecule has 0 radical (unpaired) electrons. The number of hydrogen-bond donors (Lipinski definition) is 2. The molecular weight excluding hydrogens is 364 g/mol. The molecule has 2 aliphatic rings. The number of fused-ring (bicyclic) bond motifs is 1. The molecule has 28 heavy (non-hydrogen) atoms. The van der Waals surface area contributed by atoms with E-state index >= 15 is 0 Å². The van der Waals surface area contributed by atoms with Gasteiger partial charge in [0, 0.05) is 31.3 Å². The van der Waals surface area contributed by atoms with Crippen LogP contribution in [-0.2, 0) is 0 Å². The predicted molar refractivity (Wildman–Crippen MR) is 104 cm³/mol. The van der Waals surface area contributed by atoms with Crippen LogP contribution < -0.4 is 11.2 Å². The molecular formula is C21H27F2N3O2. The Balaban J connectivity index is 0.000000161. The van der Waals surface area contributed by atoms with Gasteiger partial charge < -0.3 is 10.7 Å². The van der Waals surface area contributed by atoms with Gasteiger partial charge >= 0.3 is 0 Å². The predicted octanol–water partition coefficient (Wildman–Crippen LogP) is 4.41. The molecule has 2 aromatic heterocycles. The van der Waals surface area contributed by atoms with Crippen molar-refractivity contribution in [1.82, 2.24) is 9.97 Å². The number of primary amides is 1. The summed E-state index contributed by atoms with van der Waals surface area (Å²) in [6.45, 7) is 0. The number of nitrogens with zero attached hydrogens (tertiary/aromatic N) is 1. The first-order valence-electron chi connectivity index (χ1n) is 10.0. The highest BCUT2D eigenvalue weighted by Crippen LogP contribution is 2.43. The minimum atomic E-state index is -2.34. The normalized spacial score (nSPS) is 20.4. The number of alkyl halides is 2. The SMILES string of the molecule is FC1(F)CCC(C2CCCCC2)CC1.NC(=O)c1nccc2[nH]ccc(=O)c12. The van der Waals surface area contributed by atoms with Crippen LogP contribution in [0, 0.1) is 11.8 Å². The van der Waals surface area contributed by atoms with Gasteiger partial charge in [0.1, 0.15) is 5.69 Å². The van der Waals surface area contributed by atoms with Gasteiger partial charge in [-0.2, -0.15) is 0 Å². The third kappa shape index (κ3) is 4.94. The second-order valence-electron chi connectivity index (χ2n) is 7.88. The Bertz CT molecular complexity index is 860. The molecule has 2 heterocycles. The first-order valence-corrected chi connectivity index (χ1v) is 10.0. The first kappa shape index (κ1) is 20.4. The van der Waals surface area contributed by atoms with Gasteiger partial charge in [0.05, 0.1) is 10.9 Å². The number of aromatic nitrogens is 2. The van der Waals surface area contributed by atoms with E-state index in [1.54, 1.807) is 6.07 Å². The third-order valence-electron chi connectivity index (χ3n) is 5.98. The number of carbonyl (C=O) groups excluding carboxylic acids is 1. The summed E-state index contributed by atoms with van der Waals surface area (Å²) < 4.78 is 25.9. The van der Waals surface area contributed by atoms with Crippen LogP contribution in [0.25, 0.3) is 10.9 Å². The Hall–Kier alpha value is -2.31. The largest absolute Gasteiger partial charge is 0.364 e. The molecule has 2 fully saturated rings. The topological polar surface area (TPSA) is 88.8 Å². The summed E-state index contributed by atoms with van der Waals surface area (Å²) in [4.78, 5) is 29.0. The minimum Gasteiger partial charge on any atom is -0.364 e.